The lowest BCUT2D eigenvalue weighted by atomic mass is 10.0. The van der Waals surface area contributed by atoms with Crippen LogP contribution in [0.3, 0.4) is 0 Å². The van der Waals surface area contributed by atoms with E-state index in [1.807, 2.05) is 72.8 Å². The van der Waals surface area contributed by atoms with Crippen molar-refractivity contribution < 1.29 is 9.47 Å². The number of para-hydroxylation sites is 2. The second kappa shape index (κ2) is 9.15. The van der Waals surface area contributed by atoms with Gasteiger partial charge in [0.05, 0.1) is 18.4 Å². The SMILES string of the molecule is CCC/C(C#Cc1ccccc1OC)=C1/OC(=Nc2ccccc2)c2ccccc21. The second-order valence-electron chi connectivity index (χ2n) is 6.91. The zero-order chi connectivity index (χ0) is 20.8. The van der Waals surface area contributed by atoms with Gasteiger partial charge in [0.1, 0.15) is 11.5 Å². The summed E-state index contributed by atoms with van der Waals surface area (Å²) < 4.78 is 11.7. The van der Waals surface area contributed by atoms with E-state index in [9.17, 15) is 0 Å². The topological polar surface area (TPSA) is 30.8 Å². The fraction of sp³-hybridized carbons (Fsp3) is 0.148. The highest BCUT2D eigenvalue weighted by Crippen LogP contribution is 2.35. The van der Waals surface area contributed by atoms with Gasteiger partial charge in [-0.05, 0) is 36.8 Å². The second-order valence-corrected chi connectivity index (χ2v) is 6.91. The number of allylic oxidation sites excluding steroid dienone is 1. The normalized spacial score (nSPS) is 15.1. The molecule has 0 spiro atoms. The summed E-state index contributed by atoms with van der Waals surface area (Å²) in [6.45, 7) is 2.14. The number of fused-ring (bicyclic) bond motifs is 1. The lowest BCUT2D eigenvalue weighted by molar-refractivity contribution is 0.413. The van der Waals surface area contributed by atoms with Crippen molar-refractivity contribution >= 4 is 17.3 Å². The Morgan fingerprint density at radius 2 is 1.60 bits per heavy atom. The standard InChI is InChI=1S/C27H23NO2/c1-3-11-21(19-18-20-12-7-10-17-25(20)29-2)26-23-15-8-9-16-24(23)27(30-26)28-22-13-5-4-6-14-22/h4-10,12-17H,3,11H2,1-2H3/b26-21-,28-27?. The van der Waals surface area contributed by atoms with Crippen LogP contribution in [-0.2, 0) is 4.74 Å². The minimum Gasteiger partial charge on any atom is -0.495 e. The zero-order valence-electron chi connectivity index (χ0n) is 17.2. The molecule has 0 saturated heterocycles. The average Bonchev–Trinajstić information content (AvgIpc) is 3.16. The molecule has 0 aromatic heterocycles. The van der Waals surface area contributed by atoms with E-state index in [2.05, 4.69) is 24.8 Å². The highest BCUT2D eigenvalue weighted by molar-refractivity contribution is 6.07. The van der Waals surface area contributed by atoms with Gasteiger partial charge in [-0.25, -0.2) is 4.99 Å². The first-order valence-corrected chi connectivity index (χ1v) is 10.1. The van der Waals surface area contributed by atoms with Crippen molar-refractivity contribution in [1.29, 1.82) is 0 Å². The van der Waals surface area contributed by atoms with Gasteiger partial charge in [-0.15, -0.1) is 0 Å². The molecule has 1 aliphatic rings. The largest absolute Gasteiger partial charge is 0.495 e. The monoisotopic (exact) mass is 393 g/mol. The highest BCUT2D eigenvalue weighted by Gasteiger charge is 2.26. The van der Waals surface area contributed by atoms with E-state index in [4.69, 9.17) is 14.5 Å². The summed E-state index contributed by atoms with van der Waals surface area (Å²) in [6, 6.07) is 25.8. The van der Waals surface area contributed by atoms with Crippen molar-refractivity contribution in [3.63, 3.8) is 0 Å². The fourth-order valence-corrected chi connectivity index (χ4v) is 3.37. The third kappa shape index (κ3) is 4.14. The quantitative estimate of drug-likeness (QED) is 0.483. The van der Waals surface area contributed by atoms with Crippen molar-refractivity contribution in [2.45, 2.75) is 19.8 Å². The van der Waals surface area contributed by atoms with Gasteiger partial charge in [0, 0.05) is 16.7 Å². The number of ether oxygens (including phenoxy) is 2. The third-order valence-electron chi connectivity index (χ3n) is 4.82. The van der Waals surface area contributed by atoms with Crippen molar-refractivity contribution in [2.75, 3.05) is 7.11 Å². The smallest absolute Gasteiger partial charge is 0.227 e. The number of hydrogen-bond acceptors (Lipinski definition) is 3. The van der Waals surface area contributed by atoms with Crippen LogP contribution in [0.1, 0.15) is 36.5 Å². The Kier molecular flexibility index (Phi) is 5.96. The van der Waals surface area contributed by atoms with Crippen LogP contribution in [0.4, 0.5) is 5.69 Å². The summed E-state index contributed by atoms with van der Waals surface area (Å²) in [6.07, 6.45) is 1.79. The molecule has 0 N–H and O–H groups in total. The minimum atomic E-state index is 0.611. The van der Waals surface area contributed by atoms with Crippen LogP contribution in [0.5, 0.6) is 5.75 Å². The number of aliphatic imine (C=N–C) groups is 1. The Labute approximate surface area is 177 Å². The molecule has 4 rings (SSSR count). The predicted octanol–water partition coefficient (Wildman–Crippen LogP) is 6.37. The Morgan fingerprint density at radius 1 is 0.900 bits per heavy atom. The Morgan fingerprint density at radius 3 is 2.37 bits per heavy atom. The summed E-state index contributed by atoms with van der Waals surface area (Å²) >= 11 is 0. The number of hydrogen-bond donors (Lipinski definition) is 0. The number of methoxy groups -OCH3 is 1. The van der Waals surface area contributed by atoms with Crippen molar-refractivity contribution in [3.8, 4) is 17.6 Å². The molecule has 3 aromatic carbocycles. The summed E-state index contributed by atoms with van der Waals surface area (Å²) in [7, 11) is 1.66. The molecular weight excluding hydrogens is 370 g/mol. The van der Waals surface area contributed by atoms with Gasteiger partial charge in [-0.3, -0.25) is 0 Å². The third-order valence-corrected chi connectivity index (χ3v) is 4.82. The Hall–Kier alpha value is -3.77. The molecule has 0 aliphatic carbocycles. The summed E-state index contributed by atoms with van der Waals surface area (Å²) in [5.74, 6) is 8.79. The maximum absolute atomic E-state index is 6.29. The first-order valence-electron chi connectivity index (χ1n) is 10.1. The van der Waals surface area contributed by atoms with Gasteiger partial charge in [-0.2, -0.15) is 0 Å². The van der Waals surface area contributed by atoms with Crippen LogP contribution in [0.25, 0.3) is 5.76 Å². The van der Waals surface area contributed by atoms with E-state index in [1.165, 1.54) is 0 Å². The summed E-state index contributed by atoms with van der Waals surface area (Å²) in [5.41, 5.74) is 4.71. The van der Waals surface area contributed by atoms with Crippen LogP contribution in [0.2, 0.25) is 0 Å². The van der Waals surface area contributed by atoms with E-state index in [1.54, 1.807) is 7.11 Å². The molecule has 0 fully saturated rings. The van der Waals surface area contributed by atoms with E-state index < -0.39 is 0 Å². The van der Waals surface area contributed by atoms with Gasteiger partial charge in [0.15, 0.2) is 0 Å². The molecule has 1 aliphatic heterocycles. The zero-order valence-corrected chi connectivity index (χ0v) is 17.2. The van der Waals surface area contributed by atoms with Gasteiger partial charge < -0.3 is 9.47 Å². The molecule has 0 radical (unpaired) electrons. The molecule has 0 bridgehead atoms. The predicted molar refractivity (Wildman–Crippen MR) is 122 cm³/mol. The summed E-state index contributed by atoms with van der Waals surface area (Å²) in [4.78, 5) is 4.73. The molecule has 1 heterocycles. The van der Waals surface area contributed by atoms with Crippen molar-refractivity contribution in [3.05, 3.63) is 101 Å². The average molecular weight is 393 g/mol. The number of rotatable bonds is 4. The Bertz CT molecular complexity index is 1160. The van der Waals surface area contributed by atoms with Crippen LogP contribution in [0, 0.1) is 11.8 Å². The van der Waals surface area contributed by atoms with Crippen molar-refractivity contribution in [2.24, 2.45) is 4.99 Å². The van der Waals surface area contributed by atoms with Crippen LogP contribution in [-0.4, -0.2) is 13.0 Å². The highest BCUT2D eigenvalue weighted by atomic mass is 16.5. The van der Waals surface area contributed by atoms with E-state index in [0.717, 1.165) is 52.3 Å². The molecule has 3 heteroatoms. The first kappa shape index (κ1) is 19.5. The van der Waals surface area contributed by atoms with Gasteiger partial charge in [-0.1, -0.05) is 73.7 Å². The Balaban J connectivity index is 1.80. The van der Waals surface area contributed by atoms with E-state index in [-0.39, 0.29) is 0 Å². The molecule has 0 saturated carbocycles. The lowest BCUT2D eigenvalue weighted by Gasteiger charge is -2.06. The fourth-order valence-electron chi connectivity index (χ4n) is 3.37. The van der Waals surface area contributed by atoms with Gasteiger partial charge in [0.2, 0.25) is 5.90 Å². The molecule has 0 amide bonds. The number of nitrogens with zero attached hydrogens (tertiary/aromatic N) is 1. The van der Waals surface area contributed by atoms with Crippen LogP contribution in [0.15, 0.2) is 89.4 Å². The number of benzene rings is 3. The molecule has 3 aromatic rings. The maximum atomic E-state index is 6.29. The lowest BCUT2D eigenvalue weighted by Crippen LogP contribution is -1.96. The molecule has 148 valence electrons. The first-order chi connectivity index (χ1) is 14.8. The van der Waals surface area contributed by atoms with Crippen LogP contribution < -0.4 is 4.74 Å². The maximum Gasteiger partial charge on any atom is 0.227 e. The molecule has 0 atom stereocenters. The molecule has 0 unspecified atom stereocenters. The van der Waals surface area contributed by atoms with Crippen molar-refractivity contribution in [1.82, 2.24) is 0 Å². The van der Waals surface area contributed by atoms with Crippen LogP contribution >= 0.6 is 0 Å². The molecule has 3 nitrogen and oxygen atoms in total. The van der Waals surface area contributed by atoms with Gasteiger partial charge >= 0.3 is 0 Å². The van der Waals surface area contributed by atoms with Gasteiger partial charge in [0.25, 0.3) is 0 Å². The van der Waals surface area contributed by atoms with E-state index >= 15 is 0 Å². The summed E-state index contributed by atoms with van der Waals surface area (Å²) in [5, 5.41) is 0. The van der Waals surface area contributed by atoms with E-state index in [0.29, 0.717) is 5.90 Å². The molecular formula is C27H23NO2. The molecule has 30 heavy (non-hydrogen) atoms. The minimum absolute atomic E-state index is 0.611.